The first kappa shape index (κ1) is 11.4. The normalized spacial score (nSPS) is 11.6. The van der Waals surface area contributed by atoms with Crippen LogP contribution < -0.4 is 4.74 Å². The van der Waals surface area contributed by atoms with Gasteiger partial charge in [0.15, 0.2) is 6.73 Å². The zero-order valence-corrected chi connectivity index (χ0v) is 8.51. The van der Waals surface area contributed by atoms with Crippen LogP contribution in [0.2, 0.25) is 0 Å². The van der Waals surface area contributed by atoms with E-state index in [1.165, 1.54) is 6.08 Å². The summed E-state index contributed by atoms with van der Waals surface area (Å²) in [4.78, 5) is 13.0. The van der Waals surface area contributed by atoms with Gasteiger partial charge < -0.3 is 9.84 Å². The van der Waals surface area contributed by atoms with Crippen molar-refractivity contribution >= 4 is 6.08 Å². The van der Waals surface area contributed by atoms with Crippen LogP contribution in [0.15, 0.2) is 29.3 Å². The Bertz CT molecular complexity index is 339. The average Bonchev–Trinajstić information content (AvgIpc) is 2.20. The van der Waals surface area contributed by atoms with Crippen LogP contribution in [-0.2, 0) is 11.2 Å². The predicted molar refractivity (Wildman–Crippen MR) is 55.4 cm³/mol. The van der Waals surface area contributed by atoms with Gasteiger partial charge in [-0.15, -0.1) is 0 Å². The number of nitrogens with zero attached hydrogens (tertiary/aromatic N) is 1. The first-order valence-electron chi connectivity index (χ1n) is 4.66. The highest BCUT2D eigenvalue weighted by atomic mass is 16.5. The Balaban J connectivity index is 2.52. The summed E-state index contributed by atoms with van der Waals surface area (Å²) in [5.74, 6) is 0.642. The van der Waals surface area contributed by atoms with Crippen molar-refractivity contribution in [3.8, 4) is 5.75 Å². The van der Waals surface area contributed by atoms with Crippen LogP contribution in [0, 0.1) is 0 Å². The Kier molecular flexibility index (Phi) is 4.54. The number of isocyanates is 1. The summed E-state index contributed by atoms with van der Waals surface area (Å²) in [6, 6.07) is 7.29. The van der Waals surface area contributed by atoms with Crippen molar-refractivity contribution in [2.24, 2.45) is 4.99 Å². The van der Waals surface area contributed by atoms with Gasteiger partial charge in [-0.1, -0.05) is 12.1 Å². The summed E-state index contributed by atoms with van der Waals surface area (Å²) >= 11 is 0. The summed E-state index contributed by atoms with van der Waals surface area (Å²) in [7, 11) is 0. The second kappa shape index (κ2) is 5.96. The fourth-order valence-corrected chi connectivity index (χ4v) is 1.20. The Morgan fingerprint density at radius 3 is 2.67 bits per heavy atom. The maximum atomic E-state index is 9.77. The monoisotopic (exact) mass is 207 g/mol. The average molecular weight is 207 g/mol. The molecular weight excluding hydrogens is 194 g/mol. The molecule has 1 rings (SSSR count). The third-order valence-electron chi connectivity index (χ3n) is 1.81. The van der Waals surface area contributed by atoms with E-state index in [1.807, 2.05) is 12.1 Å². The lowest BCUT2D eigenvalue weighted by Crippen LogP contribution is -2.03. The fourth-order valence-electron chi connectivity index (χ4n) is 1.20. The van der Waals surface area contributed by atoms with Gasteiger partial charge in [0.1, 0.15) is 5.75 Å². The third kappa shape index (κ3) is 4.40. The van der Waals surface area contributed by atoms with E-state index < -0.39 is 0 Å². The predicted octanol–water partition coefficient (Wildman–Crippen LogP) is 1.28. The van der Waals surface area contributed by atoms with Gasteiger partial charge in [-0.05, 0) is 31.0 Å². The van der Waals surface area contributed by atoms with Crippen molar-refractivity contribution in [1.82, 2.24) is 0 Å². The molecule has 1 N–H and O–H groups in total. The van der Waals surface area contributed by atoms with E-state index >= 15 is 0 Å². The smallest absolute Gasteiger partial charge is 0.238 e. The van der Waals surface area contributed by atoms with E-state index in [2.05, 4.69) is 4.99 Å². The number of hydrogen-bond acceptors (Lipinski definition) is 4. The Morgan fingerprint density at radius 2 is 2.13 bits per heavy atom. The zero-order valence-electron chi connectivity index (χ0n) is 8.51. The highest BCUT2D eigenvalue weighted by Gasteiger charge is 1.99. The van der Waals surface area contributed by atoms with Crippen molar-refractivity contribution < 1.29 is 14.6 Å². The van der Waals surface area contributed by atoms with Gasteiger partial charge in [-0.25, -0.2) is 4.79 Å². The summed E-state index contributed by atoms with van der Waals surface area (Å²) in [5.41, 5.74) is 1.04. The van der Waals surface area contributed by atoms with E-state index in [0.29, 0.717) is 12.2 Å². The Morgan fingerprint density at radius 1 is 1.47 bits per heavy atom. The van der Waals surface area contributed by atoms with Gasteiger partial charge in [0.05, 0.1) is 6.10 Å². The standard InChI is InChI=1S/C11H13NO3/c1-9(14)6-10-2-4-11(5-3-10)15-8-12-7-13/h2-5,9,14H,6,8H2,1H3. The molecule has 1 aromatic carbocycles. The molecule has 0 heterocycles. The van der Waals surface area contributed by atoms with Crippen LogP contribution in [0.1, 0.15) is 12.5 Å². The molecule has 0 saturated heterocycles. The van der Waals surface area contributed by atoms with Crippen molar-refractivity contribution in [3.05, 3.63) is 29.8 Å². The minimum absolute atomic E-state index is 0.0146. The Labute approximate surface area is 88.2 Å². The number of hydrogen-bond donors (Lipinski definition) is 1. The number of benzene rings is 1. The molecule has 0 amide bonds. The van der Waals surface area contributed by atoms with Crippen LogP contribution >= 0.6 is 0 Å². The quantitative estimate of drug-likeness (QED) is 0.584. The van der Waals surface area contributed by atoms with Gasteiger partial charge >= 0.3 is 0 Å². The molecule has 15 heavy (non-hydrogen) atoms. The summed E-state index contributed by atoms with van der Waals surface area (Å²) in [6.45, 7) is 1.72. The molecule has 4 nitrogen and oxygen atoms in total. The van der Waals surface area contributed by atoms with Crippen molar-refractivity contribution in [1.29, 1.82) is 0 Å². The second-order valence-electron chi connectivity index (χ2n) is 3.22. The lowest BCUT2D eigenvalue weighted by atomic mass is 10.1. The lowest BCUT2D eigenvalue weighted by molar-refractivity contribution is 0.195. The summed E-state index contributed by atoms with van der Waals surface area (Å²) < 4.78 is 5.11. The van der Waals surface area contributed by atoms with Crippen LogP contribution in [0.3, 0.4) is 0 Å². The van der Waals surface area contributed by atoms with Gasteiger partial charge in [0, 0.05) is 0 Å². The first-order chi connectivity index (χ1) is 7.22. The number of carbonyl (C=O) groups excluding carboxylic acids is 1. The van der Waals surface area contributed by atoms with Crippen LogP contribution in [-0.4, -0.2) is 24.0 Å². The molecule has 80 valence electrons. The van der Waals surface area contributed by atoms with Crippen LogP contribution in [0.25, 0.3) is 0 Å². The van der Waals surface area contributed by atoms with Gasteiger partial charge in [0.2, 0.25) is 6.08 Å². The van der Waals surface area contributed by atoms with E-state index in [0.717, 1.165) is 5.56 Å². The number of aliphatic hydroxyl groups excluding tert-OH is 1. The lowest BCUT2D eigenvalue weighted by Gasteiger charge is -2.05. The molecule has 0 aliphatic heterocycles. The van der Waals surface area contributed by atoms with Crippen LogP contribution in [0.5, 0.6) is 5.75 Å². The molecule has 0 aromatic heterocycles. The van der Waals surface area contributed by atoms with E-state index in [1.54, 1.807) is 19.1 Å². The van der Waals surface area contributed by atoms with E-state index in [9.17, 15) is 4.79 Å². The fraction of sp³-hybridized carbons (Fsp3) is 0.364. The molecule has 1 unspecified atom stereocenters. The molecule has 0 aliphatic rings. The van der Waals surface area contributed by atoms with Gasteiger partial charge in [0.25, 0.3) is 0 Å². The second-order valence-corrected chi connectivity index (χ2v) is 3.22. The SMILES string of the molecule is CC(O)Cc1ccc(OCN=C=O)cc1. The van der Waals surface area contributed by atoms with Crippen molar-refractivity contribution in [3.63, 3.8) is 0 Å². The van der Waals surface area contributed by atoms with Crippen molar-refractivity contribution in [2.45, 2.75) is 19.4 Å². The number of rotatable bonds is 5. The summed E-state index contributed by atoms with van der Waals surface area (Å²) in [6.07, 6.45) is 1.66. The molecule has 0 fully saturated rings. The zero-order chi connectivity index (χ0) is 11.1. The number of ether oxygens (including phenoxy) is 1. The first-order valence-corrected chi connectivity index (χ1v) is 4.66. The topological polar surface area (TPSA) is 58.9 Å². The molecule has 0 radical (unpaired) electrons. The highest BCUT2D eigenvalue weighted by molar-refractivity contribution is 5.33. The highest BCUT2D eigenvalue weighted by Crippen LogP contribution is 2.13. The molecule has 0 bridgehead atoms. The summed E-state index contributed by atoms with van der Waals surface area (Å²) in [5, 5.41) is 9.16. The third-order valence-corrected chi connectivity index (χ3v) is 1.81. The molecule has 1 aromatic rings. The molecular formula is C11H13NO3. The van der Waals surface area contributed by atoms with E-state index in [4.69, 9.17) is 9.84 Å². The van der Waals surface area contributed by atoms with Gasteiger partial charge in [-0.3, -0.25) is 0 Å². The minimum Gasteiger partial charge on any atom is -0.471 e. The molecule has 0 saturated carbocycles. The van der Waals surface area contributed by atoms with Gasteiger partial charge in [-0.2, -0.15) is 4.99 Å². The van der Waals surface area contributed by atoms with E-state index in [-0.39, 0.29) is 12.8 Å². The largest absolute Gasteiger partial charge is 0.471 e. The Hall–Kier alpha value is -1.64. The molecule has 4 heteroatoms. The minimum atomic E-state index is -0.351. The number of aliphatic imine (C=N–C) groups is 1. The maximum Gasteiger partial charge on any atom is 0.238 e. The number of aliphatic hydroxyl groups is 1. The molecule has 0 aliphatic carbocycles. The van der Waals surface area contributed by atoms with Crippen molar-refractivity contribution in [2.75, 3.05) is 6.73 Å². The molecule has 1 atom stereocenters. The van der Waals surface area contributed by atoms with Crippen LogP contribution in [0.4, 0.5) is 0 Å². The maximum absolute atomic E-state index is 9.77. The molecule has 0 spiro atoms.